The zero-order valence-corrected chi connectivity index (χ0v) is 12.8. The zero-order valence-electron chi connectivity index (χ0n) is 12.8. The summed E-state index contributed by atoms with van der Waals surface area (Å²) < 4.78 is 5.50. The lowest BCUT2D eigenvalue weighted by Crippen LogP contribution is -2.35. The molecule has 2 nitrogen and oxygen atoms in total. The summed E-state index contributed by atoms with van der Waals surface area (Å²) in [6.45, 7) is 6.44. The van der Waals surface area contributed by atoms with Gasteiger partial charge in [0.2, 0.25) is 0 Å². The van der Waals surface area contributed by atoms with E-state index in [2.05, 4.69) is 37.4 Å². The summed E-state index contributed by atoms with van der Waals surface area (Å²) >= 11 is 0. The quantitative estimate of drug-likeness (QED) is 0.904. The highest BCUT2D eigenvalue weighted by Crippen LogP contribution is 2.26. The predicted octanol–water partition coefficient (Wildman–Crippen LogP) is 3.64. The molecule has 2 heteroatoms. The zero-order chi connectivity index (χ0) is 13.9. The fourth-order valence-corrected chi connectivity index (χ4v) is 3.60. The number of rotatable bonds is 4. The molecule has 0 bridgehead atoms. The number of fused-ring (bicyclic) bond motifs is 1. The molecule has 3 rings (SSSR count). The number of benzene rings is 1. The van der Waals surface area contributed by atoms with Crippen molar-refractivity contribution in [3.63, 3.8) is 0 Å². The molecular formula is C18H27NO. The first kappa shape index (κ1) is 14.1. The van der Waals surface area contributed by atoms with Gasteiger partial charge in [0.25, 0.3) is 0 Å². The average Bonchev–Trinajstić information content (AvgIpc) is 3.01. The van der Waals surface area contributed by atoms with Gasteiger partial charge < -0.3 is 10.1 Å². The molecule has 0 spiro atoms. The summed E-state index contributed by atoms with van der Waals surface area (Å²) in [5.74, 6) is 0.676. The molecule has 1 fully saturated rings. The molecule has 20 heavy (non-hydrogen) atoms. The predicted molar refractivity (Wildman–Crippen MR) is 83.0 cm³/mol. The SMILES string of the molecule is CC(NC(C)C1CCOC1)c1ccc2c(c1)CCCC2. The normalized spacial score (nSPS) is 25.2. The minimum atomic E-state index is 0.429. The van der Waals surface area contributed by atoms with Crippen molar-refractivity contribution in [1.29, 1.82) is 0 Å². The molecule has 1 saturated heterocycles. The smallest absolute Gasteiger partial charge is 0.0509 e. The molecule has 1 heterocycles. The van der Waals surface area contributed by atoms with Gasteiger partial charge in [0.15, 0.2) is 0 Å². The van der Waals surface area contributed by atoms with Crippen LogP contribution in [0, 0.1) is 5.92 Å². The molecule has 1 aromatic rings. The van der Waals surface area contributed by atoms with Crippen molar-refractivity contribution in [3.8, 4) is 0 Å². The Bertz CT molecular complexity index is 451. The van der Waals surface area contributed by atoms with E-state index in [-0.39, 0.29) is 0 Å². The molecule has 3 atom stereocenters. The first-order valence-electron chi connectivity index (χ1n) is 8.19. The second-order valence-corrected chi connectivity index (χ2v) is 6.54. The van der Waals surface area contributed by atoms with Gasteiger partial charge in [0.1, 0.15) is 0 Å². The van der Waals surface area contributed by atoms with E-state index in [1.807, 2.05) is 0 Å². The molecule has 0 aromatic heterocycles. The Labute approximate surface area is 122 Å². The van der Waals surface area contributed by atoms with E-state index in [1.165, 1.54) is 37.7 Å². The molecule has 1 aliphatic carbocycles. The summed E-state index contributed by atoms with van der Waals surface area (Å²) in [5, 5.41) is 3.76. The summed E-state index contributed by atoms with van der Waals surface area (Å²) in [6.07, 6.45) is 6.45. The number of aryl methyl sites for hydroxylation is 2. The summed E-state index contributed by atoms with van der Waals surface area (Å²) in [6, 6.07) is 8.07. The molecular weight excluding hydrogens is 246 g/mol. The van der Waals surface area contributed by atoms with Crippen LogP contribution in [0.25, 0.3) is 0 Å². The van der Waals surface area contributed by atoms with E-state index in [9.17, 15) is 0 Å². The maximum absolute atomic E-state index is 5.50. The van der Waals surface area contributed by atoms with Crippen LogP contribution >= 0.6 is 0 Å². The molecule has 110 valence electrons. The highest BCUT2D eigenvalue weighted by molar-refractivity contribution is 5.35. The van der Waals surface area contributed by atoms with Crippen LogP contribution in [0.15, 0.2) is 18.2 Å². The molecule has 0 amide bonds. The number of hydrogen-bond donors (Lipinski definition) is 1. The maximum Gasteiger partial charge on any atom is 0.0509 e. The van der Waals surface area contributed by atoms with Gasteiger partial charge in [-0.1, -0.05) is 18.2 Å². The molecule has 1 aromatic carbocycles. The van der Waals surface area contributed by atoms with E-state index >= 15 is 0 Å². The second kappa shape index (κ2) is 6.28. The average molecular weight is 273 g/mol. The molecule has 0 saturated carbocycles. The Morgan fingerprint density at radius 3 is 2.70 bits per heavy atom. The highest BCUT2D eigenvalue weighted by atomic mass is 16.5. The van der Waals surface area contributed by atoms with Gasteiger partial charge in [0, 0.05) is 18.7 Å². The minimum Gasteiger partial charge on any atom is -0.381 e. The minimum absolute atomic E-state index is 0.429. The van der Waals surface area contributed by atoms with Crippen molar-refractivity contribution in [2.75, 3.05) is 13.2 Å². The fraction of sp³-hybridized carbons (Fsp3) is 0.667. The van der Waals surface area contributed by atoms with E-state index in [4.69, 9.17) is 4.74 Å². The molecule has 1 N–H and O–H groups in total. The Morgan fingerprint density at radius 2 is 1.95 bits per heavy atom. The van der Waals surface area contributed by atoms with Crippen molar-refractivity contribution in [2.24, 2.45) is 5.92 Å². The molecule has 3 unspecified atom stereocenters. The topological polar surface area (TPSA) is 21.3 Å². The van der Waals surface area contributed by atoms with Crippen LogP contribution in [-0.2, 0) is 17.6 Å². The van der Waals surface area contributed by atoms with E-state index < -0.39 is 0 Å². The van der Waals surface area contributed by atoms with Gasteiger partial charge in [-0.2, -0.15) is 0 Å². The lowest BCUT2D eigenvalue weighted by molar-refractivity contribution is 0.177. The van der Waals surface area contributed by atoms with E-state index in [1.54, 1.807) is 11.1 Å². The Kier molecular flexibility index (Phi) is 4.42. The third-order valence-electron chi connectivity index (χ3n) is 5.06. The summed E-state index contributed by atoms with van der Waals surface area (Å²) in [5.41, 5.74) is 4.60. The fourth-order valence-electron chi connectivity index (χ4n) is 3.60. The van der Waals surface area contributed by atoms with Gasteiger partial charge in [-0.05, 0) is 68.6 Å². The third kappa shape index (κ3) is 3.07. The van der Waals surface area contributed by atoms with Gasteiger partial charge in [0.05, 0.1) is 6.61 Å². The van der Waals surface area contributed by atoms with Crippen molar-refractivity contribution in [3.05, 3.63) is 34.9 Å². The van der Waals surface area contributed by atoms with Crippen LogP contribution in [0.1, 0.15) is 55.8 Å². The number of nitrogens with one attached hydrogen (secondary N) is 1. The second-order valence-electron chi connectivity index (χ2n) is 6.54. The van der Waals surface area contributed by atoms with Crippen molar-refractivity contribution >= 4 is 0 Å². The number of hydrogen-bond acceptors (Lipinski definition) is 2. The van der Waals surface area contributed by atoms with Crippen LogP contribution in [0.5, 0.6) is 0 Å². The van der Waals surface area contributed by atoms with E-state index in [0.717, 1.165) is 13.2 Å². The highest BCUT2D eigenvalue weighted by Gasteiger charge is 2.23. The maximum atomic E-state index is 5.50. The van der Waals surface area contributed by atoms with Gasteiger partial charge in [-0.15, -0.1) is 0 Å². The lowest BCUT2D eigenvalue weighted by atomic mass is 9.89. The molecule has 0 radical (unpaired) electrons. The Hall–Kier alpha value is -0.860. The van der Waals surface area contributed by atoms with Gasteiger partial charge >= 0.3 is 0 Å². The Morgan fingerprint density at radius 1 is 1.15 bits per heavy atom. The van der Waals surface area contributed by atoms with Crippen molar-refractivity contribution < 1.29 is 4.74 Å². The number of ether oxygens (including phenoxy) is 1. The van der Waals surface area contributed by atoms with E-state index in [0.29, 0.717) is 18.0 Å². The largest absolute Gasteiger partial charge is 0.381 e. The molecule has 1 aliphatic heterocycles. The van der Waals surface area contributed by atoms with Crippen LogP contribution in [0.2, 0.25) is 0 Å². The third-order valence-corrected chi connectivity index (χ3v) is 5.06. The monoisotopic (exact) mass is 273 g/mol. The van der Waals surface area contributed by atoms with Crippen molar-refractivity contribution in [2.45, 2.75) is 58.0 Å². The van der Waals surface area contributed by atoms with Crippen LogP contribution in [-0.4, -0.2) is 19.3 Å². The lowest BCUT2D eigenvalue weighted by Gasteiger charge is -2.25. The Balaban J connectivity index is 1.65. The van der Waals surface area contributed by atoms with Gasteiger partial charge in [-0.3, -0.25) is 0 Å². The van der Waals surface area contributed by atoms with Crippen LogP contribution < -0.4 is 5.32 Å². The standard InChI is InChI=1S/C18H27NO/c1-13(19-14(2)18-9-10-20-12-18)16-8-7-15-5-3-4-6-17(15)11-16/h7-8,11,13-14,18-19H,3-6,9-10,12H2,1-2H3. The van der Waals surface area contributed by atoms with Crippen molar-refractivity contribution in [1.82, 2.24) is 5.32 Å². The van der Waals surface area contributed by atoms with Gasteiger partial charge in [-0.25, -0.2) is 0 Å². The van der Waals surface area contributed by atoms with Crippen LogP contribution in [0.3, 0.4) is 0 Å². The van der Waals surface area contributed by atoms with Crippen LogP contribution in [0.4, 0.5) is 0 Å². The molecule has 2 aliphatic rings. The first-order chi connectivity index (χ1) is 9.74. The first-order valence-corrected chi connectivity index (χ1v) is 8.19. The summed E-state index contributed by atoms with van der Waals surface area (Å²) in [4.78, 5) is 0. The summed E-state index contributed by atoms with van der Waals surface area (Å²) in [7, 11) is 0.